The van der Waals surface area contributed by atoms with E-state index in [2.05, 4.69) is 37.9 Å². The first-order valence-corrected chi connectivity index (χ1v) is 8.35. The average molecular weight is 312 g/mol. The van der Waals surface area contributed by atoms with Crippen LogP contribution < -0.4 is 5.32 Å². The quantitative estimate of drug-likeness (QED) is 0.807. The summed E-state index contributed by atoms with van der Waals surface area (Å²) in [5.74, 6) is 1.19. The maximum atomic E-state index is 12.2. The Kier molecular flexibility index (Phi) is 7.15. The van der Waals surface area contributed by atoms with Crippen LogP contribution >= 0.6 is 11.8 Å². The molecule has 0 aromatic carbocycles. The Morgan fingerprint density at radius 3 is 2.40 bits per heavy atom. The van der Waals surface area contributed by atoms with Crippen LogP contribution in [0.1, 0.15) is 34.1 Å². The van der Waals surface area contributed by atoms with Gasteiger partial charge in [0.15, 0.2) is 0 Å². The molecule has 20 heavy (non-hydrogen) atoms. The number of nitrogens with zero attached hydrogens (tertiary/aromatic N) is 1. The molecule has 0 aliphatic carbocycles. The molecule has 1 heterocycles. The lowest BCUT2D eigenvalue weighted by Crippen LogP contribution is -2.58. The van der Waals surface area contributed by atoms with Crippen molar-refractivity contribution in [2.45, 2.75) is 51.7 Å². The molecule has 1 rings (SSSR count). The van der Waals surface area contributed by atoms with Gasteiger partial charge in [-0.1, -0.05) is 27.7 Å². The van der Waals surface area contributed by atoms with Gasteiger partial charge >= 0.3 is 5.51 Å². The fraction of sp³-hybridized carbons (Fsp3) is 1.00. The molecule has 1 aliphatic heterocycles. The van der Waals surface area contributed by atoms with E-state index in [0.29, 0.717) is 30.5 Å². The maximum absolute atomic E-state index is 12.2. The highest BCUT2D eigenvalue weighted by Crippen LogP contribution is 2.30. The molecule has 0 radical (unpaired) electrons. The van der Waals surface area contributed by atoms with Gasteiger partial charge in [0, 0.05) is 37.5 Å². The molecule has 120 valence electrons. The average Bonchev–Trinajstić information content (AvgIpc) is 2.26. The minimum atomic E-state index is -4.11. The van der Waals surface area contributed by atoms with Crippen LogP contribution in [0.4, 0.5) is 13.2 Å². The fourth-order valence-corrected chi connectivity index (χ4v) is 3.38. The van der Waals surface area contributed by atoms with Gasteiger partial charge in [-0.3, -0.25) is 4.90 Å². The Morgan fingerprint density at radius 1 is 1.25 bits per heavy atom. The van der Waals surface area contributed by atoms with Gasteiger partial charge in [-0.25, -0.2) is 0 Å². The van der Waals surface area contributed by atoms with Gasteiger partial charge in [-0.05, 0) is 30.0 Å². The molecule has 0 spiro atoms. The summed E-state index contributed by atoms with van der Waals surface area (Å²) < 4.78 is 36.7. The van der Waals surface area contributed by atoms with Gasteiger partial charge < -0.3 is 5.32 Å². The number of hydrogen-bond acceptors (Lipinski definition) is 3. The molecule has 0 saturated carbocycles. The van der Waals surface area contributed by atoms with Crippen LogP contribution in [0.2, 0.25) is 0 Å². The standard InChI is InChI=1S/C14H27F3N2S/c1-10(2)7-12-9-19(5-6-20-14(15,16)17)13(8-18-12)11(3)4/h10-13,18H,5-9H2,1-4H3. The molecule has 0 amide bonds. The van der Waals surface area contributed by atoms with Crippen molar-refractivity contribution in [1.29, 1.82) is 0 Å². The van der Waals surface area contributed by atoms with Crippen molar-refractivity contribution in [2.24, 2.45) is 11.8 Å². The molecule has 1 fully saturated rings. The van der Waals surface area contributed by atoms with E-state index in [0.717, 1.165) is 19.5 Å². The Bertz CT molecular complexity index is 282. The van der Waals surface area contributed by atoms with Crippen LogP contribution in [0, 0.1) is 11.8 Å². The van der Waals surface area contributed by atoms with Gasteiger partial charge in [-0.15, -0.1) is 0 Å². The summed E-state index contributed by atoms with van der Waals surface area (Å²) in [5.41, 5.74) is -4.11. The fourth-order valence-electron chi connectivity index (χ4n) is 2.82. The molecule has 1 saturated heterocycles. The molecule has 2 nitrogen and oxygen atoms in total. The molecular weight excluding hydrogens is 285 g/mol. The smallest absolute Gasteiger partial charge is 0.311 e. The van der Waals surface area contributed by atoms with Crippen LogP contribution in [-0.4, -0.2) is 47.9 Å². The number of halogens is 3. The minimum absolute atomic E-state index is 0.0940. The van der Waals surface area contributed by atoms with E-state index in [9.17, 15) is 13.2 Å². The Balaban J connectivity index is 2.50. The zero-order valence-corrected chi connectivity index (χ0v) is 13.7. The van der Waals surface area contributed by atoms with Crippen molar-refractivity contribution in [3.05, 3.63) is 0 Å². The topological polar surface area (TPSA) is 15.3 Å². The lowest BCUT2D eigenvalue weighted by molar-refractivity contribution is -0.0330. The highest BCUT2D eigenvalue weighted by Gasteiger charge is 2.32. The predicted octanol–water partition coefficient (Wildman–Crippen LogP) is 3.58. The Morgan fingerprint density at radius 2 is 1.90 bits per heavy atom. The normalized spacial score (nSPS) is 25.6. The van der Waals surface area contributed by atoms with Gasteiger partial charge in [-0.2, -0.15) is 13.2 Å². The van der Waals surface area contributed by atoms with E-state index in [4.69, 9.17) is 0 Å². The molecule has 0 aromatic rings. The van der Waals surface area contributed by atoms with Gasteiger partial charge in [0.25, 0.3) is 0 Å². The second-order valence-electron chi connectivity index (χ2n) is 6.34. The van der Waals surface area contributed by atoms with Gasteiger partial charge in [0.05, 0.1) is 0 Å². The largest absolute Gasteiger partial charge is 0.441 e. The van der Waals surface area contributed by atoms with Crippen LogP contribution in [-0.2, 0) is 0 Å². The first-order valence-electron chi connectivity index (χ1n) is 7.37. The summed E-state index contributed by atoms with van der Waals surface area (Å²) in [4.78, 5) is 2.24. The van der Waals surface area contributed by atoms with Crippen LogP contribution in [0.25, 0.3) is 0 Å². The lowest BCUT2D eigenvalue weighted by atomic mass is 9.95. The highest BCUT2D eigenvalue weighted by molar-refractivity contribution is 8.00. The minimum Gasteiger partial charge on any atom is -0.311 e. The molecule has 1 N–H and O–H groups in total. The molecule has 2 unspecified atom stereocenters. The SMILES string of the molecule is CC(C)CC1CN(CCSC(F)(F)F)C(C(C)C)CN1. The molecule has 1 aliphatic rings. The molecule has 0 bridgehead atoms. The van der Waals surface area contributed by atoms with Crippen molar-refractivity contribution in [1.82, 2.24) is 10.2 Å². The third kappa shape index (κ3) is 6.68. The molecule has 2 atom stereocenters. The third-order valence-electron chi connectivity index (χ3n) is 3.71. The van der Waals surface area contributed by atoms with Crippen molar-refractivity contribution in [2.75, 3.05) is 25.4 Å². The number of hydrogen-bond donors (Lipinski definition) is 1. The summed E-state index contributed by atoms with van der Waals surface area (Å²) in [5, 5.41) is 3.55. The van der Waals surface area contributed by atoms with Crippen LogP contribution in [0.5, 0.6) is 0 Å². The molecule has 0 aromatic heterocycles. The zero-order valence-electron chi connectivity index (χ0n) is 12.8. The highest BCUT2D eigenvalue weighted by atomic mass is 32.2. The Hall–Kier alpha value is 0.0600. The number of rotatable bonds is 6. The van der Waals surface area contributed by atoms with E-state index in [1.807, 2.05) is 0 Å². The lowest BCUT2D eigenvalue weighted by Gasteiger charge is -2.43. The van der Waals surface area contributed by atoms with E-state index in [-0.39, 0.29) is 17.5 Å². The van der Waals surface area contributed by atoms with Crippen molar-refractivity contribution < 1.29 is 13.2 Å². The maximum Gasteiger partial charge on any atom is 0.441 e. The number of alkyl halides is 3. The Labute approximate surface area is 124 Å². The van der Waals surface area contributed by atoms with E-state index in [1.165, 1.54) is 0 Å². The summed E-state index contributed by atoms with van der Waals surface area (Å²) in [7, 11) is 0. The summed E-state index contributed by atoms with van der Waals surface area (Å²) in [6.45, 7) is 10.9. The first-order chi connectivity index (χ1) is 9.19. The van der Waals surface area contributed by atoms with Crippen molar-refractivity contribution in [3.8, 4) is 0 Å². The third-order valence-corrected chi connectivity index (χ3v) is 4.42. The van der Waals surface area contributed by atoms with Crippen LogP contribution in [0.15, 0.2) is 0 Å². The monoisotopic (exact) mass is 312 g/mol. The summed E-state index contributed by atoms with van der Waals surface area (Å²) in [6.07, 6.45) is 1.08. The number of thioether (sulfide) groups is 1. The second kappa shape index (κ2) is 7.90. The van der Waals surface area contributed by atoms with E-state index < -0.39 is 5.51 Å². The van der Waals surface area contributed by atoms with Crippen molar-refractivity contribution in [3.63, 3.8) is 0 Å². The summed E-state index contributed by atoms with van der Waals surface area (Å²) in [6, 6.07) is 0.744. The zero-order chi connectivity index (χ0) is 15.3. The van der Waals surface area contributed by atoms with Gasteiger partial charge in [0.2, 0.25) is 0 Å². The number of nitrogens with one attached hydrogen (secondary N) is 1. The predicted molar refractivity (Wildman–Crippen MR) is 80.0 cm³/mol. The second-order valence-corrected chi connectivity index (χ2v) is 7.50. The van der Waals surface area contributed by atoms with Gasteiger partial charge in [0.1, 0.15) is 0 Å². The summed E-state index contributed by atoms with van der Waals surface area (Å²) >= 11 is 0.0940. The van der Waals surface area contributed by atoms with E-state index in [1.54, 1.807) is 0 Å². The molecular formula is C14H27F3N2S. The first kappa shape index (κ1) is 18.1. The van der Waals surface area contributed by atoms with Crippen molar-refractivity contribution >= 4 is 11.8 Å². The van der Waals surface area contributed by atoms with E-state index >= 15 is 0 Å². The van der Waals surface area contributed by atoms with Crippen LogP contribution in [0.3, 0.4) is 0 Å². The number of piperazine rings is 1. The molecule has 6 heteroatoms.